The highest BCUT2D eigenvalue weighted by Crippen LogP contribution is 2.09. The maximum atomic E-state index is 9.44. The molecule has 200 valence electrons. The second-order valence-electron chi connectivity index (χ2n) is 10.8. The number of ketones is 1. The summed E-state index contributed by atoms with van der Waals surface area (Å²) in [6.45, 7) is 37.7. The second-order valence-corrected chi connectivity index (χ2v) is 10.8. The number of carbonyl (C=O) groups excluding carboxylic acids is 1. The smallest absolute Gasteiger partial charge is 0.126 e. The number of hydrogen-bond donors (Lipinski definition) is 3. The maximum absolute atomic E-state index is 9.44. The van der Waals surface area contributed by atoms with Crippen LogP contribution < -0.4 is 16.4 Å². The average molecular weight is 463 g/mol. The summed E-state index contributed by atoms with van der Waals surface area (Å²) in [5, 5.41) is 6.61. The van der Waals surface area contributed by atoms with Crippen LogP contribution in [-0.2, 0) is 4.79 Å². The van der Waals surface area contributed by atoms with Gasteiger partial charge in [-0.2, -0.15) is 0 Å². The highest BCUT2D eigenvalue weighted by Gasteiger charge is 2.15. The predicted octanol–water partition coefficient (Wildman–Crippen LogP) is 6.25. The van der Waals surface area contributed by atoms with E-state index in [1.54, 1.807) is 0 Å². The molecule has 4 N–H and O–H groups in total. The Balaban J connectivity index is -0.0000000993. The molecular formula is C27H66N4O. The van der Waals surface area contributed by atoms with Crippen LogP contribution in [0.25, 0.3) is 0 Å². The Labute approximate surface area is 205 Å². The zero-order valence-corrected chi connectivity index (χ0v) is 25.6. The Morgan fingerprint density at radius 1 is 0.531 bits per heavy atom. The zero-order chi connectivity index (χ0) is 27.2. The molecule has 5 nitrogen and oxygen atoms in total. The summed E-state index contributed by atoms with van der Waals surface area (Å²) in [5.41, 5.74) is 5.11. The van der Waals surface area contributed by atoms with Crippen molar-refractivity contribution in [3.63, 3.8) is 0 Å². The van der Waals surface area contributed by atoms with Gasteiger partial charge in [-0.05, 0) is 61.4 Å². The first-order valence-corrected chi connectivity index (χ1v) is 12.7. The van der Waals surface area contributed by atoms with Crippen LogP contribution in [0.1, 0.15) is 125 Å². The van der Waals surface area contributed by atoms with Gasteiger partial charge in [0.05, 0.1) is 0 Å². The van der Waals surface area contributed by atoms with Crippen molar-refractivity contribution >= 4 is 5.78 Å². The molecule has 0 spiro atoms. The van der Waals surface area contributed by atoms with Crippen LogP contribution in [0, 0.1) is 0 Å². The molecule has 5 heteroatoms. The Bertz CT molecular complexity index is 311. The summed E-state index contributed by atoms with van der Waals surface area (Å²) in [6, 6.07) is 4.83. The topological polar surface area (TPSA) is 70.4 Å². The Morgan fingerprint density at radius 2 is 0.656 bits per heavy atom. The lowest BCUT2D eigenvalue weighted by molar-refractivity contribution is -0.115. The molecule has 0 rings (SSSR count). The average Bonchev–Trinajstić information content (AvgIpc) is 2.41. The fourth-order valence-electron chi connectivity index (χ4n) is 3.12. The molecule has 0 saturated heterocycles. The minimum absolute atomic E-state index is 0.167. The van der Waals surface area contributed by atoms with E-state index in [2.05, 4.69) is 112 Å². The third-order valence-electron chi connectivity index (χ3n) is 3.12. The SMILES string of the molecule is CC(C)=O.CC(C)N.CC(C)N(C(C)C)C(C)C.CC(C)NC(C)C.CC(C)NC(C)C. The van der Waals surface area contributed by atoms with Gasteiger partial charge in [-0.3, -0.25) is 4.90 Å². The molecule has 0 aliphatic rings. The molecular weight excluding hydrogens is 396 g/mol. The fraction of sp³-hybridized carbons (Fsp3) is 0.963. The highest BCUT2D eigenvalue weighted by atomic mass is 16.1. The molecule has 0 saturated carbocycles. The quantitative estimate of drug-likeness (QED) is 0.417. The predicted molar refractivity (Wildman–Crippen MR) is 150 cm³/mol. The van der Waals surface area contributed by atoms with Gasteiger partial charge in [0.15, 0.2) is 0 Å². The molecule has 0 heterocycles. The van der Waals surface area contributed by atoms with Crippen molar-refractivity contribution in [1.82, 2.24) is 15.5 Å². The minimum Gasteiger partial charge on any atom is -0.328 e. The first-order chi connectivity index (χ1) is 14.2. The van der Waals surface area contributed by atoms with Crippen molar-refractivity contribution in [2.75, 3.05) is 0 Å². The zero-order valence-electron chi connectivity index (χ0n) is 25.6. The summed E-state index contributed by atoms with van der Waals surface area (Å²) in [5.74, 6) is 0.167. The first kappa shape index (κ1) is 41.7. The molecule has 0 aromatic carbocycles. The normalized spacial score (nSPS) is 10.8. The van der Waals surface area contributed by atoms with E-state index in [0.717, 1.165) is 0 Å². The summed E-state index contributed by atoms with van der Waals surface area (Å²) in [7, 11) is 0. The molecule has 0 amide bonds. The molecule has 0 aromatic rings. The van der Waals surface area contributed by atoms with E-state index >= 15 is 0 Å². The van der Waals surface area contributed by atoms with Crippen molar-refractivity contribution in [2.24, 2.45) is 5.73 Å². The largest absolute Gasteiger partial charge is 0.328 e. The van der Waals surface area contributed by atoms with E-state index in [9.17, 15) is 4.79 Å². The van der Waals surface area contributed by atoms with Gasteiger partial charge in [-0.15, -0.1) is 0 Å². The van der Waals surface area contributed by atoms with Crippen molar-refractivity contribution in [2.45, 2.75) is 173 Å². The van der Waals surface area contributed by atoms with Crippen LogP contribution in [0.2, 0.25) is 0 Å². The second kappa shape index (κ2) is 26.8. The van der Waals surface area contributed by atoms with E-state index in [1.165, 1.54) is 13.8 Å². The summed E-state index contributed by atoms with van der Waals surface area (Å²) >= 11 is 0. The highest BCUT2D eigenvalue weighted by molar-refractivity contribution is 5.72. The number of nitrogens with one attached hydrogen (secondary N) is 2. The Hall–Kier alpha value is -0.490. The third-order valence-corrected chi connectivity index (χ3v) is 3.12. The minimum atomic E-state index is 0.167. The van der Waals surface area contributed by atoms with E-state index < -0.39 is 0 Å². The number of nitrogens with zero attached hydrogens (tertiary/aromatic N) is 1. The molecule has 0 aromatic heterocycles. The first-order valence-electron chi connectivity index (χ1n) is 12.7. The number of nitrogens with two attached hydrogens (primary N) is 1. The lowest BCUT2D eigenvalue weighted by atomic mass is 10.2. The molecule has 0 aliphatic heterocycles. The molecule has 0 aliphatic carbocycles. The molecule has 0 atom stereocenters. The van der Waals surface area contributed by atoms with Crippen molar-refractivity contribution in [3.05, 3.63) is 0 Å². The summed E-state index contributed by atoms with van der Waals surface area (Å²) in [6.07, 6.45) is 0. The van der Waals surface area contributed by atoms with Gasteiger partial charge >= 0.3 is 0 Å². The van der Waals surface area contributed by atoms with E-state index in [1.807, 2.05) is 13.8 Å². The van der Waals surface area contributed by atoms with Crippen LogP contribution >= 0.6 is 0 Å². The van der Waals surface area contributed by atoms with Crippen molar-refractivity contribution in [1.29, 1.82) is 0 Å². The summed E-state index contributed by atoms with van der Waals surface area (Å²) < 4.78 is 0. The molecule has 32 heavy (non-hydrogen) atoms. The van der Waals surface area contributed by atoms with Crippen molar-refractivity contribution < 1.29 is 4.79 Å². The standard InChI is InChI=1S/C9H21N.2C6H15N.C3H9N.C3H6O/c1-7(2)10(8(3)4)9(5)6;2*1-5(2)7-6(3)4;2*1-3(2)4/h7-9H,1-6H3;2*5-7H,1-4H3;3H,4H2,1-2H3;1-2H3. The van der Waals surface area contributed by atoms with Crippen LogP contribution in [0.3, 0.4) is 0 Å². The van der Waals surface area contributed by atoms with Crippen molar-refractivity contribution in [3.8, 4) is 0 Å². The molecule has 0 fully saturated rings. The maximum Gasteiger partial charge on any atom is 0.126 e. The lowest BCUT2D eigenvalue weighted by Crippen LogP contribution is -2.42. The van der Waals surface area contributed by atoms with Gasteiger partial charge in [-0.25, -0.2) is 0 Å². The van der Waals surface area contributed by atoms with Gasteiger partial charge < -0.3 is 21.2 Å². The lowest BCUT2D eigenvalue weighted by Gasteiger charge is -2.34. The van der Waals surface area contributed by atoms with Crippen LogP contribution in [0.4, 0.5) is 0 Å². The molecule has 0 radical (unpaired) electrons. The number of carbonyl (C=O) groups is 1. The number of Topliss-reactive ketones (excluding diaryl/α,β-unsaturated/α-hetero) is 1. The number of hydrogen-bond acceptors (Lipinski definition) is 5. The molecule has 0 unspecified atom stereocenters. The van der Waals surface area contributed by atoms with E-state index in [-0.39, 0.29) is 5.78 Å². The fourth-order valence-corrected chi connectivity index (χ4v) is 3.12. The van der Waals surface area contributed by atoms with Gasteiger partial charge in [-0.1, -0.05) is 69.2 Å². The van der Waals surface area contributed by atoms with Crippen LogP contribution in [0.15, 0.2) is 0 Å². The Morgan fingerprint density at radius 3 is 0.656 bits per heavy atom. The Kier molecular flexibility index (Phi) is 34.9. The van der Waals surface area contributed by atoms with Gasteiger partial charge in [0, 0.05) is 42.3 Å². The van der Waals surface area contributed by atoms with Gasteiger partial charge in [0.1, 0.15) is 5.78 Å². The monoisotopic (exact) mass is 463 g/mol. The van der Waals surface area contributed by atoms with E-state index in [4.69, 9.17) is 5.73 Å². The molecule has 0 bridgehead atoms. The third kappa shape index (κ3) is 63.0. The van der Waals surface area contributed by atoms with Gasteiger partial charge in [0.25, 0.3) is 0 Å². The number of rotatable bonds is 7. The van der Waals surface area contributed by atoms with Crippen LogP contribution in [-0.4, -0.2) is 59.0 Å². The van der Waals surface area contributed by atoms with Crippen LogP contribution in [0.5, 0.6) is 0 Å². The van der Waals surface area contributed by atoms with E-state index in [0.29, 0.717) is 48.3 Å². The van der Waals surface area contributed by atoms with Gasteiger partial charge in [0.2, 0.25) is 0 Å². The summed E-state index contributed by atoms with van der Waals surface area (Å²) in [4.78, 5) is 11.9.